The number of hydrogen-bond acceptors (Lipinski definition) is 1. The van der Waals surface area contributed by atoms with E-state index >= 15 is 0 Å². The van der Waals surface area contributed by atoms with Crippen molar-refractivity contribution in [2.45, 2.75) is 45.5 Å². The minimum absolute atomic E-state index is 0.323. The van der Waals surface area contributed by atoms with Gasteiger partial charge in [0.05, 0.1) is 7.85 Å². The summed E-state index contributed by atoms with van der Waals surface area (Å²) in [4.78, 5) is 2.53. The second kappa shape index (κ2) is 3.41. The van der Waals surface area contributed by atoms with Gasteiger partial charge in [0.1, 0.15) is 0 Å². The fraction of sp³-hybridized carbons (Fsp3) is 1.00. The van der Waals surface area contributed by atoms with Gasteiger partial charge in [0.15, 0.2) is 0 Å². The molecule has 1 aliphatic heterocycles. The van der Waals surface area contributed by atoms with Gasteiger partial charge >= 0.3 is 0 Å². The van der Waals surface area contributed by atoms with Crippen LogP contribution < -0.4 is 0 Å². The van der Waals surface area contributed by atoms with Gasteiger partial charge in [-0.25, -0.2) is 0 Å². The van der Waals surface area contributed by atoms with Crippen molar-refractivity contribution in [1.29, 1.82) is 0 Å². The lowest BCUT2D eigenvalue weighted by molar-refractivity contribution is 0.168. The fourth-order valence-electron chi connectivity index (χ4n) is 1.83. The number of hydrogen-bond donors (Lipinski definition) is 0. The zero-order valence-electron chi connectivity index (χ0n) is 8.80. The molecule has 1 fully saturated rings. The summed E-state index contributed by atoms with van der Waals surface area (Å²) in [7, 11) is 5.88. The molecule has 1 heterocycles. The number of rotatable bonds is 1. The van der Waals surface area contributed by atoms with E-state index in [2.05, 4.69) is 32.6 Å². The lowest BCUT2D eigenvalue weighted by atomic mass is 9.78. The van der Waals surface area contributed by atoms with Crippen molar-refractivity contribution in [3.63, 3.8) is 0 Å². The van der Waals surface area contributed by atoms with Crippen LogP contribution in [0.3, 0.4) is 0 Å². The molecule has 2 unspecified atom stereocenters. The average Bonchev–Trinajstić information content (AvgIpc) is 2.30. The van der Waals surface area contributed by atoms with Crippen molar-refractivity contribution in [3.8, 4) is 0 Å². The zero-order chi connectivity index (χ0) is 9.35. The fourth-order valence-corrected chi connectivity index (χ4v) is 1.83. The quantitative estimate of drug-likeness (QED) is 0.537. The van der Waals surface area contributed by atoms with Gasteiger partial charge in [-0.3, -0.25) is 4.90 Å². The topological polar surface area (TPSA) is 3.24 Å². The summed E-state index contributed by atoms with van der Waals surface area (Å²) in [5.41, 5.74) is 0.323. The Morgan fingerprint density at radius 2 is 2.00 bits per heavy atom. The lowest BCUT2D eigenvalue weighted by Gasteiger charge is -2.32. The van der Waals surface area contributed by atoms with E-state index in [1.54, 1.807) is 0 Å². The third-order valence-electron chi connectivity index (χ3n) is 2.92. The third kappa shape index (κ3) is 2.26. The van der Waals surface area contributed by atoms with Crippen molar-refractivity contribution in [2.75, 3.05) is 13.1 Å². The molecule has 0 spiro atoms. The molecule has 12 heavy (non-hydrogen) atoms. The maximum atomic E-state index is 5.88. The van der Waals surface area contributed by atoms with E-state index in [1.807, 2.05) is 0 Å². The third-order valence-corrected chi connectivity index (χ3v) is 2.92. The van der Waals surface area contributed by atoms with Gasteiger partial charge in [-0.15, -0.1) is 0 Å². The molecule has 68 valence electrons. The first-order chi connectivity index (χ1) is 5.41. The normalized spacial score (nSPS) is 29.2. The summed E-state index contributed by atoms with van der Waals surface area (Å²) >= 11 is 0. The minimum atomic E-state index is 0.323. The van der Waals surface area contributed by atoms with Gasteiger partial charge < -0.3 is 0 Å². The van der Waals surface area contributed by atoms with Crippen LogP contribution in [0.1, 0.15) is 34.1 Å². The Balaban J connectivity index is 2.46. The summed E-state index contributed by atoms with van der Waals surface area (Å²) in [6.45, 7) is 11.3. The Labute approximate surface area is 77.9 Å². The predicted octanol–water partition coefficient (Wildman–Crippen LogP) is 2.08. The molecule has 0 amide bonds. The van der Waals surface area contributed by atoms with Gasteiger partial charge in [-0.1, -0.05) is 12.7 Å². The summed E-state index contributed by atoms with van der Waals surface area (Å²) in [5, 5.41) is 0. The predicted molar refractivity (Wildman–Crippen MR) is 54.6 cm³/mol. The first kappa shape index (κ1) is 10.1. The van der Waals surface area contributed by atoms with E-state index in [4.69, 9.17) is 7.85 Å². The molecular formula is C10H20BN. The Morgan fingerprint density at radius 1 is 1.42 bits per heavy atom. The molecule has 1 rings (SSSR count). The highest BCUT2D eigenvalue weighted by molar-refractivity contribution is 6.11. The molecule has 0 bridgehead atoms. The van der Waals surface area contributed by atoms with Gasteiger partial charge in [0, 0.05) is 12.1 Å². The molecule has 1 aliphatic rings. The number of nitrogens with zero attached hydrogens (tertiary/aromatic N) is 1. The average molecular weight is 165 g/mol. The molecule has 0 N–H and O–H groups in total. The van der Waals surface area contributed by atoms with Crippen molar-refractivity contribution >= 4 is 7.85 Å². The first-order valence-electron chi connectivity index (χ1n) is 4.92. The van der Waals surface area contributed by atoms with Crippen LogP contribution in [-0.4, -0.2) is 31.4 Å². The van der Waals surface area contributed by atoms with Crippen LogP contribution in [0.25, 0.3) is 0 Å². The van der Waals surface area contributed by atoms with E-state index < -0.39 is 0 Å². The van der Waals surface area contributed by atoms with Crippen molar-refractivity contribution in [2.24, 2.45) is 5.92 Å². The monoisotopic (exact) mass is 165 g/mol. The molecule has 1 saturated heterocycles. The van der Waals surface area contributed by atoms with Crippen LogP contribution >= 0.6 is 0 Å². The van der Waals surface area contributed by atoms with Gasteiger partial charge in [0.25, 0.3) is 0 Å². The van der Waals surface area contributed by atoms with Crippen LogP contribution in [0.5, 0.6) is 0 Å². The maximum Gasteiger partial charge on any atom is 0.0700 e. The van der Waals surface area contributed by atoms with Crippen molar-refractivity contribution < 1.29 is 0 Å². The minimum Gasteiger partial charge on any atom is -0.298 e. The Kier molecular flexibility index (Phi) is 2.87. The number of likely N-dealkylation sites (tertiary alicyclic amines) is 1. The SMILES string of the molecule is [B]C(C)C1CCN(C(C)(C)C)C1. The molecule has 0 aromatic heterocycles. The highest BCUT2D eigenvalue weighted by Gasteiger charge is 2.30. The van der Waals surface area contributed by atoms with E-state index in [-0.39, 0.29) is 0 Å². The molecule has 1 nitrogen and oxygen atoms in total. The van der Waals surface area contributed by atoms with E-state index in [9.17, 15) is 0 Å². The molecule has 0 aliphatic carbocycles. The standard InChI is InChI=1S/C10H20BN/c1-8(11)9-5-6-12(7-9)10(2,3)4/h8-9H,5-7H2,1-4H3. The second-order valence-corrected chi connectivity index (χ2v) is 5.02. The maximum absolute atomic E-state index is 5.88. The molecular weight excluding hydrogens is 145 g/mol. The van der Waals surface area contributed by atoms with Crippen molar-refractivity contribution in [3.05, 3.63) is 0 Å². The highest BCUT2D eigenvalue weighted by atomic mass is 15.2. The van der Waals surface area contributed by atoms with E-state index in [0.717, 1.165) is 0 Å². The summed E-state index contributed by atoms with van der Waals surface area (Å²) in [6, 6.07) is 0. The summed E-state index contributed by atoms with van der Waals surface area (Å²) in [5.74, 6) is 1.07. The smallest absolute Gasteiger partial charge is 0.0700 e. The summed E-state index contributed by atoms with van der Waals surface area (Å²) in [6.07, 6.45) is 1.27. The van der Waals surface area contributed by atoms with E-state index in [1.165, 1.54) is 19.5 Å². The van der Waals surface area contributed by atoms with Gasteiger partial charge in [-0.2, -0.15) is 0 Å². The van der Waals surface area contributed by atoms with Crippen LogP contribution in [0.4, 0.5) is 0 Å². The van der Waals surface area contributed by atoms with E-state index in [0.29, 0.717) is 17.3 Å². The molecule has 2 heteroatoms. The Morgan fingerprint density at radius 3 is 2.25 bits per heavy atom. The van der Waals surface area contributed by atoms with Crippen LogP contribution in [0.2, 0.25) is 5.82 Å². The molecule has 2 radical (unpaired) electrons. The summed E-state index contributed by atoms with van der Waals surface area (Å²) < 4.78 is 0. The van der Waals surface area contributed by atoms with Crippen molar-refractivity contribution in [1.82, 2.24) is 4.90 Å². The first-order valence-corrected chi connectivity index (χ1v) is 4.92. The van der Waals surface area contributed by atoms with Gasteiger partial charge in [0.2, 0.25) is 0 Å². The molecule has 0 aromatic rings. The highest BCUT2D eigenvalue weighted by Crippen LogP contribution is 2.29. The molecule has 2 atom stereocenters. The Hall–Kier alpha value is 0.0249. The van der Waals surface area contributed by atoms with Gasteiger partial charge in [-0.05, 0) is 39.7 Å². The van der Waals surface area contributed by atoms with Crippen LogP contribution in [0.15, 0.2) is 0 Å². The lowest BCUT2D eigenvalue weighted by Crippen LogP contribution is -2.39. The van der Waals surface area contributed by atoms with Crippen LogP contribution in [-0.2, 0) is 0 Å². The van der Waals surface area contributed by atoms with Crippen LogP contribution in [0, 0.1) is 5.92 Å². The molecule has 0 aromatic carbocycles. The molecule has 0 saturated carbocycles. The largest absolute Gasteiger partial charge is 0.298 e. The zero-order valence-corrected chi connectivity index (χ0v) is 8.80. The Bertz CT molecular complexity index is 148. The second-order valence-electron chi connectivity index (χ2n) is 5.02.